The van der Waals surface area contributed by atoms with Gasteiger partial charge in [-0.15, -0.1) is 0 Å². The van der Waals surface area contributed by atoms with Gasteiger partial charge in [0.15, 0.2) is 0 Å². The molecule has 2 heterocycles. The van der Waals surface area contributed by atoms with Crippen molar-refractivity contribution >= 4 is 46.6 Å². The number of rotatable bonds is 5. The molecule has 31 heavy (non-hydrogen) atoms. The van der Waals surface area contributed by atoms with Gasteiger partial charge >= 0.3 is 5.97 Å². The van der Waals surface area contributed by atoms with Crippen molar-refractivity contribution in [2.45, 2.75) is 13.5 Å². The predicted octanol–water partition coefficient (Wildman–Crippen LogP) is 5.84. The molecule has 156 valence electrons. The van der Waals surface area contributed by atoms with Crippen molar-refractivity contribution in [3.8, 4) is 11.3 Å². The van der Waals surface area contributed by atoms with Crippen LogP contribution in [0.4, 0.5) is 4.79 Å². The number of carbonyl (C=O) groups is 3. The molecule has 1 fully saturated rings. The molecule has 2 aromatic carbocycles. The van der Waals surface area contributed by atoms with Crippen molar-refractivity contribution < 1.29 is 23.9 Å². The van der Waals surface area contributed by atoms with E-state index in [4.69, 9.17) is 21.1 Å². The van der Waals surface area contributed by atoms with Crippen molar-refractivity contribution in [2.24, 2.45) is 0 Å². The molecule has 3 aromatic rings. The van der Waals surface area contributed by atoms with Gasteiger partial charge in [0.25, 0.3) is 11.1 Å². The molecule has 1 N–H and O–H groups in total. The van der Waals surface area contributed by atoms with E-state index in [0.717, 1.165) is 27.8 Å². The summed E-state index contributed by atoms with van der Waals surface area (Å²) in [6.45, 7) is 1.89. The second-order valence-corrected chi connectivity index (χ2v) is 8.30. The Morgan fingerprint density at radius 1 is 1.16 bits per heavy atom. The summed E-state index contributed by atoms with van der Waals surface area (Å²) in [5.74, 6) is -0.451. The molecule has 0 atom stereocenters. The molecule has 6 nitrogen and oxygen atoms in total. The van der Waals surface area contributed by atoms with E-state index >= 15 is 0 Å². The van der Waals surface area contributed by atoms with Gasteiger partial charge < -0.3 is 9.52 Å². The van der Waals surface area contributed by atoms with E-state index in [1.54, 1.807) is 55.5 Å². The van der Waals surface area contributed by atoms with Crippen LogP contribution in [0.15, 0.2) is 63.9 Å². The third-order valence-electron chi connectivity index (χ3n) is 4.80. The molecule has 0 radical (unpaired) electrons. The van der Waals surface area contributed by atoms with Crippen molar-refractivity contribution in [3.05, 3.63) is 87.0 Å². The van der Waals surface area contributed by atoms with E-state index in [1.807, 2.05) is 0 Å². The zero-order chi connectivity index (χ0) is 22.1. The minimum absolute atomic E-state index is 0.0974. The smallest absolute Gasteiger partial charge is 0.335 e. The monoisotopic (exact) mass is 453 g/mol. The molecule has 0 aliphatic carbocycles. The second kappa shape index (κ2) is 8.45. The fourth-order valence-corrected chi connectivity index (χ4v) is 4.22. The average molecular weight is 454 g/mol. The van der Waals surface area contributed by atoms with Crippen LogP contribution in [0.25, 0.3) is 17.4 Å². The zero-order valence-corrected chi connectivity index (χ0v) is 17.9. The quantitative estimate of drug-likeness (QED) is 0.488. The van der Waals surface area contributed by atoms with E-state index in [9.17, 15) is 14.4 Å². The van der Waals surface area contributed by atoms with Crippen LogP contribution in [0.3, 0.4) is 0 Å². The summed E-state index contributed by atoms with van der Waals surface area (Å²) in [6, 6.07) is 15.2. The largest absolute Gasteiger partial charge is 0.478 e. The molecule has 0 bridgehead atoms. The maximum Gasteiger partial charge on any atom is 0.335 e. The SMILES string of the molecule is Cc1cc(C(=O)O)ccc1-c1ccc(C=C2SC(=O)N(Cc3ccccc3Cl)C2=O)o1. The van der Waals surface area contributed by atoms with Gasteiger partial charge in [-0.25, -0.2) is 4.79 Å². The first-order valence-electron chi connectivity index (χ1n) is 9.26. The third kappa shape index (κ3) is 4.28. The van der Waals surface area contributed by atoms with Crippen LogP contribution < -0.4 is 0 Å². The lowest BCUT2D eigenvalue weighted by Crippen LogP contribution is -2.27. The van der Waals surface area contributed by atoms with Crippen LogP contribution in [0.5, 0.6) is 0 Å². The molecule has 0 spiro atoms. The lowest BCUT2D eigenvalue weighted by atomic mass is 10.0. The molecular weight excluding hydrogens is 438 g/mol. The highest BCUT2D eigenvalue weighted by Gasteiger charge is 2.35. The lowest BCUT2D eigenvalue weighted by molar-refractivity contribution is -0.123. The minimum atomic E-state index is -0.998. The Balaban J connectivity index is 1.56. The van der Waals surface area contributed by atoms with E-state index in [-0.39, 0.29) is 22.3 Å². The van der Waals surface area contributed by atoms with Crippen molar-refractivity contribution in [1.82, 2.24) is 4.90 Å². The molecule has 1 aromatic heterocycles. The minimum Gasteiger partial charge on any atom is -0.478 e. The number of hydrogen-bond donors (Lipinski definition) is 1. The summed E-state index contributed by atoms with van der Waals surface area (Å²) in [7, 11) is 0. The summed E-state index contributed by atoms with van der Waals surface area (Å²) in [5.41, 5.74) is 2.38. The number of halogens is 1. The van der Waals surface area contributed by atoms with E-state index < -0.39 is 11.9 Å². The number of amides is 2. The van der Waals surface area contributed by atoms with Crippen molar-refractivity contribution in [3.63, 3.8) is 0 Å². The Bertz CT molecular complexity index is 1250. The molecule has 0 saturated carbocycles. The first-order chi connectivity index (χ1) is 14.8. The van der Waals surface area contributed by atoms with Gasteiger partial charge in [-0.3, -0.25) is 14.5 Å². The van der Waals surface area contributed by atoms with Gasteiger partial charge in [0.1, 0.15) is 11.5 Å². The summed E-state index contributed by atoms with van der Waals surface area (Å²) >= 11 is 6.99. The number of carboxylic acid groups (broad SMARTS) is 1. The van der Waals surface area contributed by atoms with Crippen LogP contribution in [0, 0.1) is 6.92 Å². The van der Waals surface area contributed by atoms with Gasteiger partial charge in [-0.2, -0.15) is 0 Å². The highest BCUT2D eigenvalue weighted by molar-refractivity contribution is 8.18. The third-order valence-corrected chi connectivity index (χ3v) is 6.07. The summed E-state index contributed by atoms with van der Waals surface area (Å²) in [6.07, 6.45) is 1.53. The second-order valence-electron chi connectivity index (χ2n) is 6.90. The van der Waals surface area contributed by atoms with Crippen molar-refractivity contribution in [1.29, 1.82) is 0 Å². The highest BCUT2D eigenvalue weighted by atomic mass is 35.5. The molecule has 1 aliphatic heterocycles. The van der Waals surface area contributed by atoms with Crippen LogP contribution in [0.1, 0.15) is 27.2 Å². The van der Waals surface area contributed by atoms with Crippen LogP contribution in [0.2, 0.25) is 5.02 Å². The molecule has 0 unspecified atom stereocenters. The number of hydrogen-bond acceptors (Lipinski definition) is 5. The molecule has 4 rings (SSSR count). The fraction of sp³-hybridized carbons (Fsp3) is 0.0870. The molecule has 8 heteroatoms. The maximum absolute atomic E-state index is 12.7. The Labute approximate surface area is 187 Å². The summed E-state index contributed by atoms with van der Waals surface area (Å²) < 4.78 is 5.83. The van der Waals surface area contributed by atoms with Crippen LogP contribution in [-0.4, -0.2) is 27.1 Å². The van der Waals surface area contributed by atoms with Gasteiger partial charge in [0.05, 0.1) is 17.0 Å². The Morgan fingerprint density at radius 2 is 1.94 bits per heavy atom. The number of carboxylic acids is 1. The molecule has 2 amide bonds. The number of aryl methyl sites for hydroxylation is 1. The zero-order valence-electron chi connectivity index (χ0n) is 16.3. The van der Waals surface area contributed by atoms with E-state index in [2.05, 4.69) is 0 Å². The number of nitrogens with zero attached hydrogens (tertiary/aromatic N) is 1. The van der Waals surface area contributed by atoms with Crippen LogP contribution in [-0.2, 0) is 11.3 Å². The van der Waals surface area contributed by atoms with Crippen molar-refractivity contribution in [2.75, 3.05) is 0 Å². The Kier molecular flexibility index (Phi) is 5.71. The number of aromatic carboxylic acids is 1. The Morgan fingerprint density at radius 3 is 2.65 bits per heavy atom. The summed E-state index contributed by atoms with van der Waals surface area (Å²) in [5, 5.41) is 9.22. The van der Waals surface area contributed by atoms with Gasteiger partial charge in [-0.05, 0) is 60.1 Å². The van der Waals surface area contributed by atoms with Crippen LogP contribution >= 0.6 is 23.4 Å². The number of thioether (sulfide) groups is 1. The number of imide groups is 1. The highest BCUT2D eigenvalue weighted by Crippen LogP contribution is 2.35. The van der Waals surface area contributed by atoms with E-state index in [1.165, 1.54) is 12.1 Å². The first-order valence-corrected chi connectivity index (χ1v) is 10.5. The molecular formula is C23H16ClNO5S. The fourth-order valence-electron chi connectivity index (χ4n) is 3.21. The normalized spacial score (nSPS) is 15.2. The first kappa shape index (κ1) is 21.0. The van der Waals surface area contributed by atoms with Gasteiger partial charge in [0.2, 0.25) is 0 Å². The Hall–Kier alpha value is -3.29. The maximum atomic E-state index is 12.7. The topological polar surface area (TPSA) is 87.8 Å². The van der Waals surface area contributed by atoms with E-state index in [0.29, 0.717) is 22.1 Å². The number of furan rings is 1. The molecule has 1 aliphatic rings. The predicted molar refractivity (Wildman–Crippen MR) is 119 cm³/mol. The summed E-state index contributed by atoms with van der Waals surface area (Å²) in [4.78, 5) is 37.6. The average Bonchev–Trinajstić information content (AvgIpc) is 3.29. The van der Waals surface area contributed by atoms with Gasteiger partial charge in [0, 0.05) is 16.7 Å². The van der Waals surface area contributed by atoms with Gasteiger partial charge in [-0.1, -0.05) is 35.9 Å². The standard InChI is InChI=1S/C23H16ClNO5S/c1-13-10-14(22(27)28)6-8-17(13)19-9-7-16(30-19)11-20-21(26)25(23(29)31-20)12-15-4-2-3-5-18(15)24/h2-11H,12H2,1H3,(H,27,28). The molecule has 1 saturated heterocycles. The lowest BCUT2D eigenvalue weighted by Gasteiger charge is -2.13. The number of carbonyl (C=O) groups excluding carboxylic acids is 2. The number of benzene rings is 2.